The highest BCUT2D eigenvalue weighted by atomic mass is 35.5. The van der Waals surface area contributed by atoms with Crippen molar-refractivity contribution in [3.8, 4) is 0 Å². The average Bonchev–Trinajstić information content (AvgIpc) is 3.19. The van der Waals surface area contributed by atoms with E-state index in [2.05, 4.69) is 0 Å². The Balaban J connectivity index is 1.88. The van der Waals surface area contributed by atoms with Crippen molar-refractivity contribution in [1.82, 2.24) is 9.47 Å². The van der Waals surface area contributed by atoms with Gasteiger partial charge in [-0.25, -0.2) is 9.69 Å². The second-order valence-corrected chi connectivity index (χ2v) is 8.35. The van der Waals surface area contributed by atoms with Crippen LogP contribution in [-0.2, 0) is 10.5 Å². The number of carbonyl (C=O) groups excluding carboxylic acids is 2. The second kappa shape index (κ2) is 6.57. The number of imide groups is 1. The van der Waals surface area contributed by atoms with Crippen molar-refractivity contribution in [1.29, 1.82) is 0 Å². The van der Waals surface area contributed by atoms with Crippen LogP contribution in [0.3, 0.4) is 0 Å². The molecular weight excluding hydrogens is 439 g/mol. The van der Waals surface area contributed by atoms with Gasteiger partial charge in [0.05, 0.1) is 22.2 Å². The van der Waals surface area contributed by atoms with Crippen LogP contribution in [0.4, 0.5) is 0 Å². The number of aromatic nitrogens is 1. The van der Waals surface area contributed by atoms with Gasteiger partial charge in [0.2, 0.25) is 5.66 Å². The number of carbonyl (C=O) groups is 3. The van der Waals surface area contributed by atoms with Gasteiger partial charge in [-0.1, -0.05) is 35.3 Å². The molecule has 0 saturated heterocycles. The van der Waals surface area contributed by atoms with E-state index in [4.69, 9.17) is 23.2 Å². The Morgan fingerprint density at radius 2 is 1.29 bits per heavy atom. The number of benzene rings is 3. The Morgan fingerprint density at radius 3 is 1.71 bits per heavy atom. The quantitative estimate of drug-likeness (QED) is 0.435. The first-order valence-electron chi connectivity index (χ1n) is 9.36. The van der Waals surface area contributed by atoms with Crippen molar-refractivity contribution in [2.45, 2.75) is 12.6 Å². The minimum Gasteiger partial charge on any atom is -0.478 e. The highest BCUT2D eigenvalue weighted by Gasteiger charge is 2.53. The first-order valence-corrected chi connectivity index (χ1v) is 10.1. The van der Waals surface area contributed by atoms with Crippen molar-refractivity contribution in [2.75, 3.05) is 0 Å². The van der Waals surface area contributed by atoms with Crippen LogP contribution in [0.25, 0.3) is 21.8 Å². The molecule has 1 atom stereocenters. The first kappa shape index (κ1) is 19.6. The zero-order valence-electron chi connectivity index (χ0n) is 16.1. The van der Waals surface area contributed by atoms with E-state index in [0.717, 1.165) is 4.90 Å². The van der Waals surface area contributed by atoms with Gasteiger partial charge in [0.1, 0.15) is 0 Å². The van der Waals surface area contributed by atoms with Crippen LogP contribution < -0.4 is 0 Å². The molecule has 1 aromatic heterocycles. The van der Waals surface area contributed by atoms with E-state index < -0.39 is 23.4 Å². The third-order valence-electron chi connectivity index (χ3n) is 5.76. The summed E-state index contributed by atoms with van der Waals surface area (Å²) in [5.41, 5.74) is -0.695. The average molecular weight is 453 g/mol. The number of fused-ring (bicyclic) bond motifs is 4. The second-order valence-electron chi connectivity index (χ2n) is 7.48. The zero-order chi connectivity index (χ0) is 22.1. The smallest absolute Gasteiger partial charge is 0.351 e. The van der Waals surface area contributed by atoms with Gasteiger partial charge in [-0.15, -0.1) is 0 Å². The van der Waals surface area contributed by atoms with Crippen LogP contribution in [0, 0.1) is 0 Å². The summed E-state index contributed by atoms with van der Waals surface area (Å²) in [5, 5.41) is 12.6. The van der Waals surface area contributed by atoms with E-state index in [1.165, 1.54) is 23.6 Å². The predicted molar refractivity (Wildman–Crippen MR) is 118 cm³/mol. The molecule has 154 valence electrons. The highest BCUT2D eigenvalue weighted by Crippen LogP contribution is 2.41. The molecule has 4 aromatic rings. The lowest BCUT2D eigenvalue weighted by Gasteiger charge is -2.36. The molecule has 0 radical (unpaired) electrons. The number of halogens is 2. The number of rotatable bonds is 3. The van der Waals surface area contributed by atoms with Crippen molar-refractivity contribution >= 4 is 62.8 Å². The van der Waals surface area contributed by atoms with Crippen LogP contribution in [0.1, 0.15) is 27.6 Å². The van der Waals surface area contributed by atoms with Crippen molar-refractivity contribution in [2.24, 2.45) is 0 Å². The van der Waals surface area contributed by atoms with Gasteiger partial charge in [0, 0.05) is 20.8 Å². The maximum atomic E-state index is 13.2. The Morgan fingerprint density at radius 1 is 0.839 bits per heavy atom. The minimum atomic E-state index is -2.05. The fraction of sp³-hybridized carbons (Fsp3) is 0.0870. The van der Waals surface area contributed by atoms with Crippen LogP contribution in [0.15, 0.2) is 60.7 Å². The summed E-state index contributed by atoms with van der Waals surface area (Å²) < 4.78 is 1.48. The van der Waals surface area contributed by atoms with Crippen LogP contribution in [0.5, 0.6) is 0 Å². The molecule has 0 bridgehead atoms. The molecule has 31 heavy (non-hydrogen) atoms. The third kappa shape index (κ3) is 2.55. The third-order valence-corrected chi connectivity index (χ3v) is 6.23. The maximum Gasteiger partial charge on any atom is 0.351 e. The summed E-state index contributed by atoms with van der Waals surface area (Å²) in [6.45, 7) is 1.35. The van der Waals surface area contributed by atoms with Gasteiger partial charge in [0.15, 0.2) is 0 Å². The summed E-state index contributed by atoms with van der Waals surface area (Å²) >= 11 is 12.4. The number of nitrogens with zero attached hydrogens (tertiary/aromatic N) is 2. The lowest BCUT2D eigenvalue weighted by atomic mass is 10.1. The molecule has 2 heterocycles. The van der Waals surface area contributed by atoms with Crippen molar-refractivity contribution < 1.29 is 19.5 Å². The monoisotopic (exact) mass is 452 g/mol. The number of carboxylic acid groups (broad SMARTS) is 1. The van der Waals surface area contributed by atoms with Gasteiger partial charge < -0.3 is 9.67 Å². The van der Waals surface area contributed by atoms with Crippen LogP contribution >= 0.6 is 23.2 Å². The van der Waals surface area contributed by atoms with Gasteiger partial charge in [0.25, 0.3) is 11.8 Å². The molecule has 1 unspecified atom stereocenters. The van der Waals surface area contributed by atoms with Crippen LogP contribution in [-0.4, -0.2) is 32.4 Å². The largest absolute Gasteiger partial charge is 0.478 e. The molecule has 0 spiro atoms. The molecule has 1 aliphatic heterocycles. The van der Waals surface area contributed by atoms with Gasteiger partial charge in [-0.05, 0) is 55.5 Å². The number of hydrogen-bond acceptors (Lipinski definition) is 3. The molecule has 6 nitrogen and oxygen atoms in total. The summed E-state index contributed by atoms with van der Waals surface area (Å²) in [4.78, 5) is 40.0. The molecule has 0 fully saturated rings. The first-order chi connectivity index (χ1) is 14.7. The zero-order valence-corrected chi connectivity index (χ0v) is 17.6. The SMILES string of the molecule is CC(C(=O)O)(N1C(=O)c2ccccc2C1=O)n1c2ccc(Cl)cc2c2cc(Cl)ccc21. The topological polar surface area (TPSA) is 79.6 Å². The van der Waals surface area contributed by atoms with Crippen molar-refractivity contribution in [3.05, 3.63) is 81.8 Å². The summed E-state index contributed by atoms with van der Waals surface area (Å²) in [5.74, 6) is -2.68. The predicted octanol–water partition coefficient (Wildman–Crippen LogP) is 5.15. The number of hydrogen-bond donors (Lipinski definition) is 1. The molecule has 0 saturated carbocycles. The lowest BCUT2D eigenvalue weighted by molar-refractivity contribution is -0.152. The minimum absolute atomic E-state index is 0.173. The Labute approximate surface area is 186 Å². The molecule has 5 rings (SSSR count). The van der Waals surface area contributed by atoms with E-state index in [9.17, 15) is 19.5 Å². The Kier molecular flexibility index (Phi) is 4.16. The van der Waals surface area contributed by atoms with E-state index in [0.29, 0.717) is 31.9 Å². The van der Waals surface area contributed by atoms with Gasteiger partial charge in [-0.3, -0.25) is 9.59 Å². The highest BCUT2D eigenvalue weighted by molar-refractivity contribution is 6.33. The fourth-order valence-corrected chi connectivity index (χ4v) is 4.66. The summed E-state index contributed by atoms with van der Waals surface area (Å²) in [6.07, 6.45) is 0. The standard InChI is InChI=1S/C23H14Cl2N2O4/c1-23(22(30)31,27-20(28)14-4-2-3-5-15(14)21(27)29)26-18-8-6-12(24)10-16(18)17-11-13(25)7-9-19(17)26/h2-11H,1H3,(H,30,31). The van der Waals surface area contributed by atoms with Gasteiger partial charge in [-0.2, -0.15) is 0 Å². The Bertz CT molecular complexity index is 1360. The molecular formula is C23H14Cl2N2O4. The van der Waals surface area contributed by atoms with Gasteiger partial charge >= 0.3 is 5.97 Å². The molecule has 1 N–H and O–H groups in total. The lowest BCUT2D eigenvalue weighted by Crippen LogP contribution is -2.56. The molecule has 2 amide bonds. The molecule has 3 aromatic carbocycles. The van der Waals surface area contributed by atoms with E-state index >= 15 is 0 Å². The number of carboxylic acids is 1. The normalized spacial score (nSPS) is 15.5. The van der Waals surface area contributed by atoms with E-state index in [1.54, 1.807) is 48.5 Å². The fourth-order valence-electron chi connectivity index (χ4n) is 4.31. The summed E-state index contributed by atoms with van der Waals surface area (Å²) in [6, 6.07) is 16.3. The molecule has 0 aliphatic carbocycles. The van der Waals surface area contributed by atoms with Crippen LogP contribution in [0.2, 0.25) is 10.0 Å². The maximum absolute atomic E-state index is 13.2. The molecule has 1 aliphatic rings. The Hall–Kier alpha value is -3.35. The number of amides is 2. The number of aliphatic carboxylic acids is 1. The van der Waals surface area contributed by atoms with E-state index in [-0.39, 0.29) is 11.1 Å². The van der Waals surface area contributed by atoms with Crippen molar-refractivity contribution in [3.63, 3.8) is 0 Å². The summed E-state index contributed by atoms with van der Waals surface area (Å²) in [7, 11) is 0. The molecule has 8 heteroatoms. The van der Waals surface area contributed by atoms with E-state index in [1.807, 2.05) is 0 Å².